The summed E-state index contributed by atoms with van der Waals surface area (Å²) in [4.78, 5) is 13.5. The number of hydrogen-bond donors (Lipinski definition) is 1. The Morgan fingerprint density at radius 2 is 2.17 bits per heavy atom. The van der Waals surface area contributed by atoms with Crippen molar-refractivity contribution in [3.63, 3.8) is 0 Å². The van der Waals surface area contributed by atoms with Crippen molar-refractivity contribution in [2.45, 2.75) is 19.9 Å². The lowest BCUT2D eigenvalue weighted by Gasteiger charge is -2.35. The lowest BCUT2D eigenvalue weighted by atomic mass is 10.1. The quantitative estimate of drug-likeness (QED) is 0.343. The third-order valence-electron chi connectivity index (χ3n) is 5.43. The lowest BCUT2D eigenvalue weighted by Crippen LogP contribution is -2.51. The molecule has 0 bridgehead atoms. The zero-order valence-electron chi connectivity index (χ0n) is 17.3. The van der Waals surface area contributed by atoms with Crippen LogP contribution in [0.1, 0.15) is 17.5 Å². The summed E-state index contributed by atoms with van der Waals surface area (Å²) in [5.74, 6) is 1.98. The molecule has 0 saturated carbocycles. The van der Waals surface area contributed by atoms with Gasteiger partial charge >= 0.3 is 0 Å². The van der Waals surface area contributed by atoms with Crippen LogP contribution in [0.4, 0.5) is 5.13 Å². The summed E-state index contributed by atoms with van der Waals surface area (Å²) >= 11 is 1.68. The zero-order valence-corrected chi connectivity index (χ0v) is 20.5. The third kappa shape index (κ3) is 5.98. The van der Waals surface area contributed by atoms with E-state index in [1.54, 1.807) is 11.3 Å². The smallest absolute Gasteiger partial charge is 0.191 e. The molecule has 2 N–H and O–H groups in total. The number of rotatable bonds is 6. The molecule has 0 aliphatic carbocycles. The molecular formula is C21H30IN5O2S. The van der Waals surface area contributed by atoms with Crippen LogP contribution >= 0.6 is 35.3 Å². The Balaban J connectivity index is 0.00000256. The Bertz CT molecular complexity index is 819. The Morgan fingerprint density at radius 3 is 2.87 bits per heavy atom. The number of aliphatic imine (C=N–C) groups is 1. The van der Waals surface area contributed by atoms with Crippen molar-refractivity contribution in [3.05, 3.63) is 40.9 Å². The van der Waals surface area contributed by atoms with Crippen LogP contribution in [-0.4, -0.2) is 61.8 Å². The Morgan fingerprint density at radius 1 is 1.33 bits per heavy atom. The van der Waals surface area contributed by atoms with Gasteiger partial charge in [-0.05, 0) is 25.0 Å². The largest absolute Gasteiger partial charge is 0.493 e. The van der Waals surface area contributed by atoms with Crippen LogP contribution in [0.3, 0.4) is 0 Å². The van der Waals surface area contributed by atoms with Gasteiger partial charge in [0.05, 0.1) is 19.8 Å². The predicted octanol–water partition coefficient (Wildman–Crippen LogP) is 3.12. The van der Waals surface area contributed by atoms with Gasteiger partial charge in [0.25, 0.3) is 0 Å². The van der Waals surface area contributed by atoms with Crippen molar-refractivity contribution in [3.8, 4) is 5.75 Å². The van der Waals surface area contributed by atoms with E-state index in [0.717, 1.165) is 62.3 Å². The van der Waals surface area contributed by atoms with Gasteiger partial charge in [0.2, 0.25) is 0 Å². The standard InChI is InChI=1S/C21H29N5O2S.HI/c1-16-2-3-18(19(12-16)28-15-17-4-10-27-14-17)13-24-20(22)25-6-8-26(9-7-25)21-23-5-11-29-21;/h2-3,5,11-12,17H,4,6-10,13-15H2,1H3,(H2,22,24);1H. The molecule has 9 heteroatoms. The summed E-state index contributed by atoms with van der Waals surface area (Å²) < 4.78 is 11.6. The molecule has 4 rings (SSSR count). The average molecular weight is 543 g/mol. The van der Waals surface area contributed by atoms with Crippen LogP contribution in [0.5, 0.6) is 5.75 Å². The van der Waals surface area contributed by atoms with Gasteiger partial charge in [-0.3, -0.25) is 0 Å². The summed E-state index contributed by atoms with van der Waals surface area (Å²) in [6.45, 7) is 8.45. The molecule has 1 atom stereocenters. The topological polar surface area (TPSA) is 76.2 Å². The number of aromatic nitrogens is 1. The predicted molar refractivity (Wildman–Crippen MR) is 132 cm³/mol. The summed E-state index contributed by atoms with van der Waals surface area (Å²) in [5, 5.41) is 3.09. The lowest BCUT2D eigenvalue weighted by molar-refractivity contribution is 0.166. The van der Waals surface area contributed by atoms with E-state index in [-0.39, 0.29) is 24.0 Å². The third-order valence-corrected chi connectivity index (χ3v) is 6.26. The van der Waals surface area contributed by atoms with Crippen LogP contribution in [-0.2, 0) is 11.3 Å². The molecule has 0 spiro atoms. The van der Waals surface area contributed by atoms with Crippen molar-refractivity contribution in [1.29, 1.82) is 0 Å². The summed E-state index contributed by atoms with van der Waals surface area (Å²) in [7, 11) is 0. The maximum absolute atomic E-state index is 6.30. The van der Waals surface area contributed by atoms with Gasteiger partial charge in [0, 0.05) is 55.8 Å². The molecule has 2 aromatic rings. The molecule has 1 aromatic heterocycles. The van der Waals surface area contributed by atoms with Gasteiger partial charge < -0.3 is 25.0 Å². The second kappa shape index (κ2) is 11.1. The highest BCUT2D eigenvalue weighted by Crippen LogP contribution is 2.24. The van der Waals surface area contributed by atoms with Gasteiger partial charge in [-0.15, -0.1) is 35.3 Å². The molecule has 2 fully saturated rings. The first-order chi connectivity index (χ1) is 14.2. The highest BCUT2D eigenvalue weighted by molar-refractivity contribution is 14.0. The number of ether oxygens (including phenoxy) is 2. The molecule has 164 valence electrons. The van der Waals surface area contributed by atoms with Gasteiger partial charge in [-0.1, -0.05) is 12.1 Å². The van der Waals surface area contributed by atoms with E-state index in [1.165, 1.54) is 5.56 Å². The maximum atomic E-state index is 6.30. The van der Waals surface area contributed by atoms with E-state index in [2.05, 4.69) is 44.9 Å². The van der Waals surface area contributed by atoms with E-state index in [1.807, 2.05) is 11.6 Å². The Kier molecular flexibility index (Phi) is 8.58. The van der Waals surface area contributed by atoms with Gasteiger partial charge in [0.15, 0.2) is 11.1 Å². The first kappa shape index (κ1) is 23.1. The Labute approximate surface area is 199 Å². The minimum absolute atomic E-state index is 0. The fourth-order valence-corrected chi connectivity index (χ4v) is 4.31. The normalized spacial score (nSPS) is 19.6. The first-order valence-corrected chi connectivity index (χ1v) is 11.1. The molecule has 2 aliphatic rings. The van der Waals surface area contributed by atoms with Crippen LogP contribution in [0.15, 0.2) is 34.8 Å². The number of hydrogen-bond acceptors (Lipinski definition) is 6. The van der Waals surface area contributed by atoms with Crippen LogP contribution in [0.25, 0.3) is 0 Å². The highest BCUT2D eigenvalue weighted by atomic mass is 127. The van der Waals surface area contributed by atoms with Crippen molar-refractivity contribution in [2.75, 3.05) is 50.9 Å². The highest BCUT2D eigenvalue weighted by Gasteiger charge is 2.20. The molecular weight excluding hydrogens is 513 g/mol. The molecule has 2 aliphatic heterocycles. The van der Waals surface area contributed by atoms with Crippen molar-refractivity contribution in [1.82, 2.24) is 9.88 Å². The van der Waals surface area contributed by atoms with Crippen LogP contribution < -0.4 is 15.4 Å². The van der Waals surface area contributed by atoms with E-state index in [4.69, 9.17) is 15.2 Å². The molecule has 1 aromatic carbocycles. The maximum Gasteiger partial charge on any atom is 0.191 e. The molecule has 0 amide bonds. The van der Waals surface area contributed by atoms with Crippen LogP contribution in [0.2, 0.25) is 0 Å². The van der Waals surface area contributed by atoms with E-state index in [0.29, 0.717) is 25.0 Å². The number of benzene rings is 1. The number of anilines is 1. The minimum atomic E-state index is 0. The minimum Gasteiger partial charge on any atom is -0.493 e. The summed E-state index contributed by atoms with van der Waals surface area (Å²) in [5.41, 5.74) is 8.55. The number of nitrogens with zero attached hydrogens (tertiary/aromatic N) is 4. The first-order valence-electron chi connectivity index (χ1n) is 10.2. The Hall–Kier alpha value is -1.59. The zero-order chi connectivity index (χ0) is 20.1. The molecule has 0 radical (unpaired) electrons. The fraction of sp³-hybridized carbons (Fsp3) is 0.524. The van der Waals surface area contributed by atoms with Crippen LogP contribution in [0, 0.1) is 12.8 Å². The van der Waals surface area contributed by atoms with E-state index < -0.39 is 0 Å². The van der Waals surface area contributed by atoms with Gasteiger partial charge in [0.1, 0.15) is 5.75 Å². The fourth-order valence-electron chi connectivity index (χ4n) is 3.61. The van der Waals surface area contributed by atoms with Crippen molar-refractivity contribution in [2.24, 2.45) is 16.6 Å². The summed E-state index contributed by atoms with van der Waals surface area (Å²) in [6.07, 6.45) is 2.92. The summed E-state index contributed by atoms with van der Waals surface area (Å²) in [6, 6.07) is 6.27. The van der Waals surface area contributed by atoms with E-state index >= 15 is 0 Å². The number of piperazine rings is 1. The average Bonchev–Trinajstić information content (AvgIpc) is 3.45. The number of thiazole rings is 1. The molecule has 1 unspecified atom stereocenters. The second-order valence-corrected chi connectivity index (χ2v) is 8.49. The van der Waals surface area contributed by atoms with Gasteiger partial charge in [-0.25, -0.2) is 9.98 Å². The monoisotopic (exact) mass is 543 g/mol. The molecule has 3 heterocycles. The van der Waals surface area contributed by atoms with Crippen molar-refractivity contribution >= 4 is 46.4 Å². The van der Waals surface area contributed by atoms with Gasteiger partial charge in [-0.2, -0.15) is 0 Å². The SMILES string of the molecule is Cc1ccc(CN=C(N)N2CCN(c3nccs3)CC2)c(OCC2CCOC2)c1.I. The van der Waals surface area contributed by atoms with E-state index in [9.17, 15) is 0 Å². The number of halogens is 1. The number of nitrogens with two attached hydrogens (primary N) is 1. The molecule has 7 nitrogen and oxygen atoms in total. The number of aryl methyl sites for hydroxylation is 1. The second-order valence-electron chi connectivity index (χ2n) is 7.61. The van der Waals surface area contributed by atoms with Crippen molar-refractivity contribution < 1.29 is 9.47 Å². The number of guanidine groups is 1. The molecule has 2 saturated heterocycles. The molecule has 30 heavy (non-hydrogen) atoms.